The quantitative estimate of drug-likeness (QED) is 0.461. The zero-order valence-electron chi connectivity index (χ0n) is 25.4. The van der Waals surface area contributed by atoms with Crippen molar-refractivity contribution in [2.75, 3.05) is 51.3 Å². The number of rotatable bonds is 8. The lowest BCUT2D eigenvalue weighted by molar-refractivity contribution is -0.137. The van der Waals surface area contributed by atoms with Crippen LogP contribution < -0.4 is 5.32 Å². The molecule has 0 bridgehead atoms. The minimum Gasteiger partial charge on any atom is -0.368 e. The molecule has 10 nitrogen and oxygen atoms in total. The molecule has 4 heterocycles. The van der Waals surface area contributed by atoms with Crippen molar-refractivity contribution in [3.05, 3.63) is 53.0 Å². The highest BCUT2D eigenvalue weighted by molar-refractivity contribution is 7.88. The van der Waals surface area contributed by atoms with Crippen LogP contribution >= 0.6 is 0 Å². The minimum atomic E-state index is -4.37. The zero-order valence-corrected chi connectivity index (χ0v) is 26.2. The average molecular weight is 639 g/mol. The van der Waals surface area contributed by atoms with Crippen molar-refractivity contribution < 1.29 is 31.1 Å². The van der Waals surface area contributed by atoms with Gasteiger partial charge in [-0.1, -0.05) is 12.1 Å². The lowest BCUT2D eigenvalue weighted by atomic mass is 9.97. The standard InChI is InChI=1S/C30H41F3N6O4S/c1-20-27(29(40)39-16-12-24(13-17-39)38-14-10-23(11-15-38)37(2)44(3,41)42)35-19-36-28(20)34-18-25-8-9-26(43-25)21-4-6-22(7-5-21)30(31,32)33/h4-7,19,23-26H,8-18H2,1-3H3,(H,34,35,36)/t25-,26-/m0/s1. The van der Waals surface area contributed by atoms with Gasteiger partial charge in [-0.3, -0.25) is 4.79 Å². The molecular weight excluding hydrogens is 597 g/mol. The van der Waals surface area contributed by atoms with Gasteiger partial charge < -0.3 is 19.9 Å². The number of ether oxygens (including phenoxy) is 1. The first-order valence-electron chi connectivity index (χ1n) is 15.2. The van der Waals surface area contributed by atoms with E-state index < -0.39 is 21.8 Å². The first kappa shape index (κ1) is 32.6. The van der Waals surface area contributed by atoms with Crippen molar-refractivity contribution in [2.24, 2.45) is 0 Å². The monoisotopic (exact) mass is 638 g/mol. The van der Waals surface area contributed by atoms with Crippen molar-refractivity contribution in [3.63, 3.8) is 0 Å². The van der Waals surface area contributed by atoms with Gasteiger partial charge in [0.15, 0.2) is 0 Å². The van der Waals surface area contributed by atoms with Crippen LogP contribution in [-0.4, -0.2) is 103 Å². The smallest absolute Gasteiger partial charge is 0.368 e. The van der Waals surface area contributed by atoms with Crippen LogP contribution in [0.2, 0.25) is 0 Å². The topological polar surface area (TPSA) is 108 Å². The summed E-state index contributed by atoms with van der Waals surface area (Å²) >= 11 is 0. The Balaban J connectivity index is 1.10. The maximum absolute atomic E-state index is 13.5. The third kappa shape index (κ3) is 7.52. The molecule has 0 aliphatic carbocycles. The third-order valence-corrected chi connectivity index (χ3v) is 10.7. The van der Waals surface area contributed by atoms with E-state index in [0.717, 1.165) is 62.9 Å². The second-order valence-corrected chi connectivity index (χ2v) is 14.1. The number of benzene rings is 1. The summed E-state index contributed by atoms with van der Waals surface area (Å²) in [6.07, 6.45) is 2.62. The average Bonchev–Trinajstić information content (AvgIpc) is 3.48. The van der Waals surface area contributed by atoms with Gasteiger partial charge in [0, 0.05) is 44.3 Å². The number of anilines is 1. The molecule has 3 saturated heterocycles. The molecule has 0 spiro atoms. The van der Waals surface area contributed by atoms with Crippen molar-refractivity contribution in [3.8, 4) is 0 Å². The molecule has 1 amide bonds. The van der Waals surface area contributed by atoms with E-state index in [1.807, 2.05) is 11.8 Å². The van der Waals surface area contributed by atoms with E-state index in [4.69, 9.17) is 4.74 Å². The number of halogens is 3. The summed E-state index contributed by atoms with van der Waals surface area (Å²) in [6.45, 7) is 5.21. The fourth-order valence-electron chi connectivity index (χ4n) is 6.51. The molecule has 1 aromatic heterocycles. The summed E-state index contributed by atoms with van der Waals surface area (Å²) in [5.41, 5.74) is 1.07. The van der Waals surface area contributed by atoms with E-state index >= 15 is 0 Å². The van der Waals surface area contributed by atoms with E-state index in [0.29, 0.717) is 49.2 Å². The van der Waals surface area contributed by atoms with Crippen molar-refractivity contribution in [2.45, 2.75) is 75.9 Å². The fourth-order valence-corrected chi connectivity index (χ4v) is 7.26. The Labute approximate surface area is 257 Å². The van der Waals surface area contributed by atoms with Crippen molar-refractivity contribution >= 4 is 21.7 Å². The number of amides is 1. The third-order valence-electron chi connectivity index (χ3n) is 9.31. The van der Waals surface area contributed by atoms with Crippen LogP contribution in [0, 0.1) is 6.92 Å². The highest BCUT2D eigenvalue weighted by Gasteiger charge is 2.34. The molecule has 14 heteroatoms. The maximum atomic E-state index is 13.5. The van der Waals surface area contributed by atoms with E-state index in [1.165, 1.54) is 29.0 Å². The summed E-state index contributed by atoms with van der Waals surface area (Å²) in [5, 5.41) is 3.28. The first-order chi connectivity index (χ1) is 20.8. The second-order valence-electron chi connectivity index (χ2n) is 12.1. The predicted molar refractivity (Wildman–Crippen MR) is 160 cm³/mol. The molecule has 5 rings (SSSR count). The Morgan fingerprint density at radius 1 is 1.02 bits per heavy atom. The SMILES string of the molecule is Cc1c(NC[C@@H]2CC[C@@H](c3ccc(C(F)(F)F)cc3)O2)ncnc1C(=O)N1CCC(N2CCC(N(C)S(C)(=O)=O)CC2)CC1. The zero-order chi connectivity index (χ0) is 31.6. The number of nitrogens with one attached hydrogen (secondary N) is 1. The number of alkyl halides is 3. The van der Waals surface area contributed by atoms with Gasteiger partial charge in [-0.05, 0) is 76.2 Å². The van der Waals surface area contributed by atoms with Crippen LogP contribution in [0.5, 0.6) is 0 Å². The van der Waals surface area contributed by atoms with Crippen LogP contribution in [0.15, 0.2) is 30.6 Å². The molecular formula is C30H41F3N6O4S. The number of likely N-dealkylation sites (tertiary alicyclic amines) is 2. The highest BCUT2D eigenvalue weighted by Crippen LogP contribution is 2.35. The lowest BCUT2D eigenvalue weighted by Crippen LogP contribution is -2.52. The predicted octanol–water partition coefficient (Wildman–Crippen LogP) is 4.10. The molecule has 1 N–H and O–H groups in total. The molecule has 3 aliphatic rings. The number of piperidine rings is 2. The summed E-state index contributed by atoms with van der Waals surface area (Å²) in [6, 6.07) is 5.52. The molecule has 44 heavy (non-hydrogen) atoms. The second kappa shape index (κ2) is 13.3. The summed E-state index contributed by atoms with van der Waals surface area (Å²) in [4.78, 5) is 26.4. The number of carbonyl (C=O) groups is 1. The minimum absolute atomic E-state index is 0.0344. The summed E-state index contributed by atoms with van der Waals surface area (Å²) < 4.78 is 70.1. The molecule has 3 fully saturated rings. The van der Waals surface area contributed by atoms with Gasteiger partial charge in [0.1, 0.15) is 17.8 Å². The maximum Gasteiger partial charge on any atom is 0.416 e. The fraction of sp³-hybridized carbons (Fsp3) is 0.633. The van der Waals surface area contributed by atoms with Gasteiger partial charge in [-0.2, -0.15) is 13.2 Å². The normalized spacial score (nSPS) is 22.9. The van der Waals surface area contributed by atoms with Crippen LogP contribution in [-0.2, 0) is 20.9 Å². The van der Waals surface area contributed by atoms with Gasteiger partial charge in [0.2, 0.25) is 10.0 Å². The van der Waals surface area contributed by atoms with Crippen LogP contribution in [0.25, 0.3) is 0 Å². The number of carbonyl (C=O) groups excluding carboxylic acids is 1. The Morgan fingerprint density at radius 2 is 1.68 bits per heavy atom. The number of aromatic nitrogens is 2. The Kier molecular flexibility index (Phi) is 9.83. The van der Waals surface area contributed by atoms with Gasteiger partial charge >= 0.3 is 6.18 Å². The molecule has 242 valence electrons. The van der Waals surface area contributed by atoms with Crippen LogP contribution in [0.1, 0.15) is 71.8 Å². The number of nitrogens with zero attached hydrogens (tertiary/aromatic N) is 5. The van der Waals surface area contributed by atoms with E-state index in [9.17, 15) is 26.4 Å². The molecule has 2 atom stereocenters. The van der Waals surface area contributed by atoms with Crippen molar-refractivity contribution in [1.82, 2.24) is 24.1 Å². The first-order valence-corrected chi connectivity index (χ1v) is 17.0. The van der Waals surface area contributed by atoms with E-state index in [1.54, 1.807) is 7.05 Å². The van der Waals surface area contributed by atoms with Crippen LogP contribution in [0.3, 0.4) is 0 Å². The van der Waals surface area contributed by atoms with Crippen LogP contribution in [0.4, 0.5) is 19.0 Å². The summed E-state index contributed by atoms with van der Waals surface area (Å²) in [5.74, 6) is 0.432. The molecule has 1 aromatic carbocycles. The molecule has 2 aromatic rings. The molecule has 0 saturated carbocycles. The number of hydrogen-bond acceptors (Lipinski definition) is 8. The van der Waals surface area contributed by atoms with Crippen molar-refractivity contribution in [1.29, 1.82) is 0 Å². The molecule has 3 aliphatic heterocycles. The largest absolute Gasteiger partial charge is 0.416 e. The van der Waals surface area contributed by atoms with E-state index in [2.05, 4.69) is 20.2 Å². The highest BCUT2D eigenvalue weighted by atomic mass is 32.2. The molecule has 0 unspecified atom stereocenters. The number of sulfonamides is 1. The van der Waals surface area contributed by atoms with Gasteiger partial charge in [-0.15, -0.1) is 0 Å². The Hall–Kier alpha value is -2.81. The van der Waals surface area contributed by atoms with Gasteiger partial charge in [-0.25, -0.2) is 22.7 Å². The van der Waals surface area contributed by atoms with Gasteiger partial charge in [0.05, 0.1) is 24.0 Å². The molecule has 0 radical (unpaired) electrons. The number of hydrogen-bond donors (Lipinski definition) is 1. The van der Waals surface area contributed by atoms with Gasteiger partial charge in [0.25, 0.3) is 5.91 Å². The summed E-state index contributed by atoms with van der Waals surface area (Å²) in [7, 11) is -1.55. The Bertz CT molecular complexity index is 1410. The lowest BCUT2D eigenvalue weighted by Gasteiger charge is -2.43. The van der Waals surface area contributed by atoms with E-state index in [-0.39, 0.29) is 24.2 Å². The Morgan fingerprint density at radius 3 is 2.30 bits per heavy atom.